The van der Waals surface area contributed by atoms with Gasteiger partial charge in [-0.1, -0.05) is 179 Å². The van der Waals surface area contributed by atoms with Crippen LogP contribution in [0.5, 0.6) is 0 Å². The van der Waals surface area contributed by atoms with Crippen LogP contribution in [0.4, 0.5) is 45.5 Å². The summed E-state index contributed by atoms with van der Waals surface area (Å²) in [6.45, 7) is 26.4. The Balaban J connectivity index is 1.15. The summed E-state index contributed by atoms with van der Waals surface area (Å²) in [6.07, 6.45) is 4.71. The third kappa shape index (κ3) is 6.33. The lowest BCUT2D eigenvalue weighted by molar-refractivity contribution is 0.195. The summed E-state index contributed by atoms with van der Waals surface area (Å²) in [5, 5.41) is 4.88. The van der Waals surface area contributed by atoms with Crippen molar-refractivity contribution in [3.63, 3.8) is 0 Å². The van der Waals surface area contributed by atoms with Crippen molar-refractivity contribution in [2.45, 2.75) is 129 Å². The number of anilines is 8. The van der Waals surface area contributed by atoms with Crippen molar-refractivity contribution in [3.8, 4) is 0 Å². The van der Waals surface area contributed by atoms with Crippen LogP contribution in [-0.2, 0) is 21.7 Å². The average Bonchev–Trinajstić information content (AvgIpc) is 4.01. The molecule has 6 heteroatoms. The van der Waals surface area contributed by atoms with Crippen LogP contribution in [0.3, 0.4) is 0 Å². The number of benzene rings is 8. The number of hydrogen-bond acceptors (Lipinski definition) is 5. The van der Waals surface area contributed by atoms with Gasteiger partial charge in [-0.05, 0) is 129 Å². The van der Waals surface area contributed by atoms with E-state index in [-0.39, 0.29) is 33.9 Å². The van der Waals surface area contributed by atoms with Crippen molar-refractivity contribution in [2.24, 2.45) is 0 Å². The van der Waals surface area contributed by atoms with Gasteiger partial charge < -0.3 is 19.1 Å². The molecule has 0 saturated heterocycles. The van der Waals surface area contributed by atoms with E-state index in [1.165, 1.54) is 111 Å². The Labute approximate surface area is 441 Å². The number of fused-ring (bicyclic) bond motifs is 13. The van der Waals surface area contributed by atoms with E-state index in [1.54, 1.807) is 0 Å². The van der Waals surface area contributed by atoms with E-state index >= 15 is 0 Å². The normalized spacial score (nSPS) is 19.3. The molecule has 2 atom stereocenters. The van der Waals surface area contributed by atoms with Crippen molar-refractivity contribution in [3.05, 3.63) is 174 Å². The summed E-state index contributed by atoms with van der Waals surface area (Å²) in [6, 6.07) is 58.9. The molecule has 4 nitrogen and oxygen atoms in total. The summed E-state index contributed by atoms with van der Waals surface area (Å²) >= 11 is 1.92. The molecule has 368 valence electrons. The highest BCUT2D eigenvalue weighted by Crippen LogP contribution is 2.62. The number of rotatable bonds is 3. The fourth-order valence-corrected chi connectivity index (χ4v) is 15.2. The quantitative estimate of drug-likeness (QED) is 0.165. The highest BCUT2D eigenvalue weighted by molar-refractivity contribution is 7.26. The van der Waals surface area contributed by atoms with Gasteiger partial charge in [-0.2, -0.15) is 0 Å². The number of furan rings is 1. The van der Waals surface area contributed by atoms with Gasteiger partial charge in [0.25, 0.3) is 6.71 Å². The van der Waals surface area contributed by atoms with Crippen molar-refractivity contribution < 1.29 is 4.42 Å². The van der Waals surface area contributed by atoms with Gasteiger partial charge in [-0.15, -0.1) is 11.3 Å². The van der Waals surface area contributed by atoms with Crippen LogP contribution in [-0.4, -0.2) is 12.3 Å². The van der Waals surface area contributed by atoms with Crippen LogP contribution in [0.1, 0.15) is 124 Å². The monoisotopic (exact) mass is 984 g/mol. The Bertz CT molecular complexity index is 3800. The van der Waals surface area contributed by atoms with Crippen LogP contribution < -0.4 is 31.1 Å². The van der Waals surface area contributed by atoms with Crippen LogP contribution in [0.2, 0.25) is 0 Å². The summed E-state index contributed by atoms with van der Waals surface area (Å²) in [5.41, 5.74) is 20.7. The van der Waals surface area contributed by atoms with Crippen LogP contribution >= 0.6 is 11.3 Å². The SMILES string of the molecule is CC(C)(C)c1ccc2c(c1)N(c1cccc3c1oc1ccccc13)c1cc(N3c4ccc(C(C)(C)C)cc4C4(C)CCCCC34C)cc3c1B2c1ccc(C(C)(C)C)cc1N3c1cccc2c1sc1ccccc12. The maximum absolute atomic E-state index is 7.08. The first-order valence-electron chi connectivity index (χ1n) is 27.2. The van der Waals surface area contributed by atoms with E-state index in [4.69, 9.17) is 4.42 Å². The van der Waals surface area contributed by atoms with Crippen molar-refractivity contribution in [1.29, 1.82) is 0 Å². The molecule has 2 aromatic heterocycles. The van der Waals surface area contributed by atoms with Gasteiger partial charge in [0.2, 0.25) is 0 Å². The minimum Gasteiger partial charge on any atom is -0.454 e. The van der Waals surface area contributed by atoms with E-state index < -0.39 is 0 Å². The molecule has 0 N–H and O–H groups in total. The maximum atomic E-state index is 7.08. The zero-order chi connectivity index (χ0) is 51.0. The van der Waals surface area contributed by atoms with Crippen LogP contribution in [0.25, 0.3) is 42.1 Å². The van der Waals surface area contributed by atoms with Gasteiger partial charge in [0.15, 0.2) is 5.58 Å². The van der Waals surface area contributed by atoms with Gasteiger partial charge in [0.05, 0.1) is 21.6 Å². The van der Waals surface area contributed by atoms with Gasteiger partial charge >= 0.3 is 0 Å². The Morgan fingerprint density at radius 3 is 1.72 bits per heavy atom. The fourth-order valence-electron chi connectivity index (χ4n) is 14.0. The van der Waals surface area contributed by atoms with Crippen molar-refractivity contribution in [2.75, 3.05) is 14.7 Å². The predicted octanol–water partition coefficient (Wildman–Crippen LogP) is 17.7. The first kappa shape index (κ1) is 45.8. The molecule has 0 radical (unpaired) electrons. The molecule has 2 unspecified atom stereocenters. The van der Waals surface area contributed by atoms with Gasteiger partial charge in [-0.3, -0.25) is 0 Å². The zero-order valence-electron chi connectivity index (χ0n) is 45.0. The van der Waals surface area contributed by atoms with Gasteiger partial charge in [0.1, 0.15) is 5.58 Å². The summed E-state index contributed by atoms with van der Waals surface area (Å²) in [4.78, 5) is 8.13. The highest BCUT2D eigenvalue weighted by Gasteiger charge is 2.58. The van der Waals surface area contributed by atoms with Crippen molar-refractivity contribution in [1.82, 2.24) is 0 Å². The summed E-state index contributed by atoms with van der Waals surface area (Å²) < 4.78 is 9.70. The Morgan fingerprint density at radius 2 is 1.04 bits per heavy atom. The second-order valence-corrected chi connectivity index (χ2v) is 26.7. The van der Waals surface area contributed by atoms with Crippen LogP contribution in [0, 0.1) is 0 Å². The zero-order valence-corrected chi connectivity index (χ0v) is 45.8. The molecular weight excluding hydrogens is 918 g/mol. The molecule has 1 aliphatic carbocycles. The third-order valence-electron chi connectivity index (χ3n) is 18.3. The first-order valence-corrected chi connectivity index (χ1v) is 28.0. The second kappa shape index (κ2) is 15.4. The molecule has 10 aromatic rings. The number of thiophene rings is 1. The summed E-state index contributed by atoms with van der Waals surface area (Å²) in [5.74, 6) is 0. The molecular formula is C68H66BN3OS. The number of nitrogens with zero attached hydrogens (tertiary/aromatic N) is 3. The third-order valence-corrected chi connectivity index (χ3v) is 19.5. The fraction of sp³-hybridized carbons (Fsp3) is 0.294. The largest absolute Gasteiger partial charge is 0.454 e. The smallest absolute Gasteiger partial charge is 0.252 e. The van der Waals surface area contributed by atoms with E-state index in [0.29, 0.717) is 0 Å². The molecule has 4 aliphatic rings. The molecule has 1 saturated carbocycles. The summed E-state index contributed by atoms with van der Waals surface area (Å²) in [7, 11) is 0. The van der Waals surface area contributed by atoms with Crippen molar-refractivity contribution >= 4 is 122 Å². The minimum atomic E-state index is -0.178. The first-order chi connectivity index (χ1) is 35.3. The lowest BCUT2D eigenvalue weighted by atomic mass is 9.33. The molecule has 74 heavy (non-hydrogen) atoms. The maximum Gasteiger partial charge on any atom is 0.252 e. The molecule has 3 aliphatic heterocycles. The van der Waals surface area contributed by atoms with E-state index in [0.717, 1.165) is 40.5 Å². The van der Waals surface area contributed by atoms with E-state index in [9.17, 15) is 0 Å². The van der Waals surface area contributed by atoms with Gasteiger partial charge in [0, 0.05) is 65.8 Å². The average molecular weight is 984 g/mol. The lowest BCUT2D eigenvalue weighted by Crippen LogP contribution is -2.61. The van der Waals surface area contributed by atoms with Gasteiger partial charge in [-0.25, -0.2) is 0 Å². The minimum absolute atomic E-state index is 0.0275. The Hall–Kier alpha value is -6.76. The molecule has 0 bridgehead atoms. The second-order valence-electron chi connectivity index (χ2n) is 25.7. The lowest BCUT2D eigenvalue weighted by Gasteiger charge is -2.51. The molecule has 5 heterocycles. The molecule has 1 fully saturated rings. The van der Waals surface area contributed by atoms with E-state index in [1.807, 2.05) is 11.3 Å². The number of hydrogen-bond donors (Lipinski definition) is 0. The molecule has 14 rings (SSSR count). The predicted molar refractivity (Wildman–Crippen MR) is 320 cm³/mol. The van der Waals surface area contributed by atoms with Crippen LogP contribution in [0.15, 0.2) is 156 Å². The highest BCUT2D eigenvalue weighted by atomic mass is 32.1. The number of para-hydroxylation sites is 2. The molecule has 8 aromatic carbocycles. The Kier molecular flexibility index (Phi) is 9.55. The molecule has 0 spiro atoms. The standard InChI is InChI=1S/C68H66BN3OS/c1-64(2,3)41-30-33-52-49(36-41)67(10)34-16-17-35-68(67,11)72(52)44-39-57-61-58(40-44)71(54-25-19-23-48-46-21-13-15-27-60(46)74-63(48)54)56-38-43(66(7,8)9)29-32-51(56)69(61)50-31-28-42(65(4,5)6)37-55(50)70(57)53-24-18-22-47-45-20-12-14-26-59(45)73-62(47)53/h12-15,18-33,36-40H,16-17,34-35H2,1-11H3. The topological polar surface area (TPSA) is 22.9 Å². The molecule has 0 amide bonds. The Morgan fingerprint density at radius 1 is 0.486 bits per heavy atom. The van der Waals surface area contributed by atoms with E-state index in [2.05, 4.69) is 243 Å².